The molecule has 92 valence electrons. The minimum atomic E-state index is 0.286. The van der Waals surface area contributed by atoms with E-state index in [0.717, 1.165) is 0 Å². The van der Waals surface area contributed by atoms with Crippen molar-refractivity contribution in [3.8, 4) is 17.6 Å². The van der Waals surface area contributed by atoms with Gasteiger partial charge in [-0.1, -0.05) is 0 Å². The minimum Gasteiger partial charge on any atom is -0.497 e. The molecule has 2 aromatic rings. The molecule has 0 aliphatic carbocycles. The summed E-state index contributed by atoms with van der Waals surface area (Å²) in [6.07, 6.45) is 1.46. The fraction of sp³-hybridized carbons (Fsp3) is 0.250. The molecule has 0 fully saturated rings. The Morgan fingerprint density at radius 2 is 2.11 bits per heavy atom. The van der Waals surface area contributed by atoms with Gasteiger partial charge in [0.2, 0.25) is 0 Å². The summed E-state index contributed by atoms with van der Waals surface area (Å²) in [4.78, 5) is 4.05. The first kappa shape index (κ1) is 11.9. The highest BCUT2D eigenvalue weighted by Gasteiger charge is 2.05. The van der Waals surface area contributed by atoms with Crippen LogP contribution in [0.4, 0.5) is 0 Å². The highest BCUT2D eigenvalue weighted by atomic mass is 16.5. The second-order valence-electron chi connectivity index (χ2n) is 3.60. The van der Waals surface area contributed by atoms with Crippen LogP contribution in [0, 0.1) is 11.3 Å². The van der Waals surface area contributed by atoms with E-state index in [9.17, 15) is 0 Å². The van der Waals surface area contributed by atoms with Crippen molar-refractivity contribution in [2.24, 2.45) is 7.05 Å². The molecule has 0 aliphatic heterocycles. The quantitative estimate of drug-likeness (QED) is 0.809. The summed E-state index contributed by atoms with van der Waals surface area (Å²) in [5.74, 6) is 1.85. The summed E-state index contributed by atoms with van der Waals surface area (Å²) in [5, 5.41) is 12.8. The predicted molar refractivity (Wildman–Crippen MR) is 63.0 cm³/mol. The number of nitriles is 1. The monoisotopic (exact) mass is 244 g/mol. The van der Waals surface area contributed by atoms with Gasteiger partial charge < -0.3 is 9.47 Å². The molecule has 0 saturated heterocycles. The van der Waals surface area contributed by atoms with Crippen molar-refractivity contribution in [2.45, 2.75) is 6.61 Å². The molecule has 0 N–H and O–H groups in total. The van der Waals surface area contributed by atoms with Crippen LogP contribution in [0.3, 0.4) is 0 Å². The lowest BCUT2D eigenvalue weighted by Gasteiger charge is -2.08. The molecular weight excluding hydrogens is 232 g/mol. The van der Waals surface area contributed by atoms with E-state index in [-0.39, 0.29) is 6.61 Å². The molecule has 1 heterocycles. The molecule has 0 unspecified atom stereocenters. The number of hydrogen-bond acceptors (Lipinski definition) is 5. The van der Waals surface area contributed by atoms with E-state index in [0.29, 0.717) is 22.9 Å². The van der Waals surface area contributed by atoms with Gasteiger partial charge in [-0.3, -0.25) is 4.68 Å². The normalized spacial score (nSPS) is 9.83. The standard InChI is InChI=1S/C12H12N4O2/c1-16-12(14-8-15-16)7-18-11-4-9(6-13)3-10(5-11)17-2/h3-5,8H,7H2,1-2H3. The van der Waals surface area contributed by atoms with Gasteiger partial charge >= 0.3 is 0 Å². The number of methoxy groups -OCH3 is 1. The van der Waals surface area contributed by atoms with Crippen LogP contribution in [0.25, 0.3) is 0 Å². The lowest BCUT2D eigenvalue weighted by atomic mass is 10.2. The number of benzene rings is 1. The average Bonchev–Trinajstić information content (AvgIpc) is 2.81. The van der Waals surface area contributed by atoms with E-state index in [4.69, 9.17) is 14.7 Å². The number of nitrogens with zero attached hydrogens (tertiary/aromatic N) is 4. The summed E-state index contributed by atoms with van der Waals surface area (Å²) in [5.41, 5.74) is 0.488. The number of aryl methyl sites for hydroxylation is 1. The third-order valence-electron chi connectivity index (χ3n) is 2.42. The number of ether oxygens (including phenoxy) is 2. The van der Waals surface area contributed by atoms with E-state index in [1.54, 1.807) is 37.0 Å². The first-order valence-corrected chi connectivity index (χ1v) is 5.28. The second-order valence-corrected chi connectivity index (χ2v) is 3.60. The maximum Gasteiger partial charge on any atom is 0.164 e. The van der Waals surface area contributed by atoms with Gasteiger partial charge in [0.1, 0.15) is 24.4 Å². The van der Waals surface area contributed by atoms with Crippen LogP contribution in [0.5, 0.6) is 11.5 Å². The fourth-order valence-corrected chi connectivity index (χ4v) is 1.44. The van der Waals surface area contributed by atoms with Crippen LogP contribution in [-0.2, 0) is 13.7 Å². The van der Waals surface area contributed by atoms with Crippen LogP contribution >= 0.6 is 0 Å². The molecule has 0 saturated carbocycles. The smallest absolute Gasteiger partial charge is 0.164 e. The van der Waals surface area contributed by atoms with Gasteiger partial charge in [0.15, 0.2) is 5.82 Å². The molecule has 1 aromatic carbocycles. The van der Waals surface area contributed by atoms with Gasteiger partial charge in [-0.2, -0.15) is 10.4 Å². The van der Waals surface area contributed by atoms with Gasteiger partial charge in [-0.25, -0.2) is 4.98 Å². The van der Waals surface area contributed by atoms with E-state index in [1.165, 1.54) is 6.33 Å². The molecule has 0 spiro atoms. The molecule has 18 heavy (non-hydrogen) atoms. The lowest BCUT2D eigenvalue weighted by molar-refractivity contribution is 0.287. The average molecular weight is 244 g/mol. The molecule has 0 bridgehead atoms. The Morgan fingerprint density at radius 1 is 1.33 bits per heavy atom. The topological polar surface area (TPSA) is 73.0 Å². The van der Waals surface area contributed by atoms with Crippen molar-refractivity contribution in [2.75, 3.05) is 7.11 Å². The Morgan fingerprint density at radius 3 is 2.72 bits per heavy atom. The van der Waals surface area contributed by atoms with E-state index in [1.807, 2.05) is 0 Å². The van der Waals surface area contributed by atoms with Crippen molar-refractivity contribution in [3.63, 3.8) is 0 Å². The summed E-state index contributed by atoms with van der Waals surface area (Å²) in [7, 11) is 3.33. The van der Waals surface area contributed by atoms with Crippen LogP contribution in [0.2, 0.25) is 0 Å². The molecule has 0 radical (unpaired) electrons. The summed E-state index contributed by atoms with van der Waals surface area (Å²) in [6, 6.07) is 7.07. The van der Waals surface area contributed by atoms with Gasteiger partial charge in [0, 0.05) is 13.1 Å². The lowest BCUT2D eigenvalue weighted by Crippen LogP contribution is -2.04. The van der Waals surface area contributed by atoms with Crippen LogP contribution in [0.1, 0.15) is 11.4 Å². The highest BCUT2D eigenvalue weighted by Crippen LogP contribution is 2.22. The van der Waals surface area contributed by atoms with Gasteiger partial charge in [-0.15, -0.1) is 0 Å². The SMILES string of the molecule is COc1cc(C#N)cc(OCc2ncnn2C)c1. The maximum atomic E-state index is 8.89. The van der Waals surface area contributed by atoms with Crippen molar-refractivity contribution in [1.82, 2.24) is 14.8 Å². The summed E-state index contributed by atoms with van der Waals surface area (Å²) >= 11 is 0. The van der Waals surface area contributed by atoms with Crippen molar-refractivity contribution >= 4 is 0 Å². The Labute approximate surface area is 104 Å². The zero-order chi connectivity index (χ0) is 13.0. The Bertz CT molecular complexity index is 586. The van der Waals surface area contributed by atoms with E-state index >= 15 is 0 Å². The molecule has 6 nitrogen and oxygen atoms in total. The third-order valence-corrected chi connectivity index (χ3v) is 2.42. The van der Waals surface area contributed by atoms with Crippen LogP contribution in [-0.4, -0.2) is 21.9 Å². The van der Waals surface area contributed by atoms with Gasteiger partial charge in [-0.05, 0) is 12.1 Å². The largest absolute Gasteiger partial charge is 0.497 e. The summed E-state index contributed by atoms with van der Waals surface area (Å²) < 4.78 is 12.3. The van der Waals surface area contributed by atoms with Gasteiger partial charge in [0.25, 0.3) is 0 Å². The van der Waals surface area contributed by atoms with E-state index < -0.39 is 0 Å². The van der Waals surface area contributed by atoms with Crippen molar-refractivity contribution in [1.29, 1.82) is 5.26 Å². The molecule has 0 aliphatic rings. The molecule has 0 atom stereocenters. The molecule has 1 aromatic heterocycles. The Hall–Kier alpha value is -2.55. The molecule has 0 amide bonds. The third kappa shape index (κ3) is 2.58. The van der Waals surface area contributed by atoms with Crippen molar-refractivity contribution < 1.29 is 9.47 Å². The zero-order valence-corrected chi connectivity index (χ0v) is 10.1. The zero-order valence-electron chi connectivity index (χ0n) is 10.1. The first-order chi connectivity index (χ1) is 8.72. The molecule has 6 heteroatoms. The predicted octanol–water partition coefficient (Wildman–Crippen LogP) is 1.27. The molecular formula is C12H12N4O2. The Balaban J connectivity index is 2.14. The molecule has 2 rings (SSSR count). The second kappa shape index (κ2) is 5.19. The maximum absolute atomic E-state index is 8.89. The van der Waals surface area contributed by atoms with Crippen LogP contribution < -0.4 is 9.47 Å². The Kier molecular flexibility index (Phi) is 3.44. The minimum absolute atomic E-state index is 0.286. The summed E-state index contributed by atoms with van der Waals surface area (Å²) in [6.45, 7) is 0.286. The fourth-order valence-electron chi connectivity index (χ4n) is 1.44. The number of aromatic nitrogens is 3. The first-order valence-electron chi connectivity index (χ1n) is 5.28. The van der Waals surface area contributed by atoms with Crippen molar-refractivity contribution in [3.05, 3.63) is 35.9 Å². The number of hydrogen-bond donors (Lipinski definition) is 0. The van der Waals surface area contributed by atoms with Gasteiger partial charge in [0.05, 0.1) is 18.7 Å². The highest BCUT2D eigenvalue weighted by molar-refractivity contribution is 5.43. The van der Waals surface area contributed by atoms with Crippen LogP contribution in [0.15, 0.2) is 24.5 Å². The van der Waals surface area contributed by atoms with E-state index in [2.05, 4.69) is 16.2 Å². The number of rotatable bonds is 4.